The molecule has 0 aliphatic carbocycles. The number of unbranched alkanes of at least 4 members (excludes halogenated alkanes) is 8. The van der Waals surface area contributed by atoms with Crippen molar-refractivity contribution >= 4 is 17.9 Å². The number of carboxylic acid groups (broad SMARTS) is 1. The Bertz CT molecular complexity index is 1570. The number of likely N-dealkylation sites (N-methyl/N-ethyl adjacent to an activating group) is 1. The number of rotatable bonds is 45. The van der Waals surface area contributed by atoms with Crippen molar-refractivity contribution in [1.82, 2.24) is 0 Å². The summed E-state index contributed by atoms with van der Waals surface area (Å²) in [6.45, 7) is 4.46. The molecule has 0 spiro atoms. The minimum Gasteiger partial charge on any atom is -0.545 e. The first-order valence-electron chi connectivity index (χ1n) is 25.8. The molecular formula is C59H93NO8. The summed E-state index contributed by atoms with van der Waals surface area (Å²) in [6.07, 6.45) is 66.6. The molecule has 0 rings (SSSR count). The lowest BCUT2D eigenvalue weighted by Gasteiger charge is -2.26. The van der Waals surface area contributed by atoms with Crippen LogP contribution in [0.3, 0.4) is 0 Å². The molecule has 0 aliphatic rings. The fraction of sp³-hybridized carbons (Fsp3) is 0.576. The molecule has 0 radical (unpaired) electrons. The molecule has 0 saturated carbocycles. The summed E-state index contributed by atoms with van der Waals surface area (Å²) in [5, 5.41) is 11.7. The van der Waals surface area contributed by atoms with Crippen LogP contribution in [0.2, 0.25) is 0 Å². The maximum absolute atomic E-state index is 12.8. The van der Waals surface area contributed by atoms with Gasteiger partial charge in [-0.3, -0.25) is 9.59 Å². The van der Waals surface area contributed by atoms with E-state index in [-0.39, 0.29) is 32.7 Å². The van der Waals surface area contributed by atoms with Crippen molar-refractivity contribution in [3.8, 4) is 0 Å². The van der Waals surface area contributed by atoms with Gasteiger partial charge < -0.3 is 33.3 Å². The number of aliphatic carboxylic acids is 1. The molecule has 0 aliphatic heterocycles. The van der Waals surface area contributed by atoms with Gasteiger partial charge in [0.25, 0.3) is 0 Å². The van der Waals surface area contributed by atoms with Gasteiger partial charge in [-0.1, -0.05) is 173 Å². The monoisotopic (exact) mass is 944 g/mol. The van der Waals surface area contributed by atoms with Crippen molar-refractivity contribution in [2.24, 2.45) is 0 Å². The summed E-state index contributed by atoms with van der Waals surface area (Å²) in [5.74, 6) is -2.38. The van der Waals surface area contributed by atoms with Gasteiger partial charge in [0.1, 0.15) is 13.2 Å². The van der Waals surface area contributed by atoms with Crippen LogP contribution in [0.25, 0.3) is 0 Å². The second-order valence-corrected chi connectivity index (χ2v) is 17.7. The highest BCUT2D eigenvalue weighted by atomic mass is 16.7. The zero-order chi connectivity index (χ0) is 49.9. The van der Waals surface area contributed by atoms with E-state index in [0.717, 1.165) is 116 Å². The van der Waals surface area contributed by atoms with Gasteiger partial charge in [-0.05, 0) is 109 Å². The molecule has 0 bridgehead atoms. The van der Waals surface area contributed by atoms with Crippen molar-refractivity contribution < 1.29 is 42.9 Å². The number of allylic oxidation sites excluding steroid dienone is 22. The highest BCUT2D eigenvalue weighted by molar-refractivity contribution is 5.70. The van der Waals surface area contributed by atoms with Crippen LogP contribution in [-0.4, -0.2) is 82.3 Å². The maximum atomic E-state index is 12.8. The lowest BCUT2D eigenvalue weighted by molar-refractivity contribution is -0.870. The molecule has 0 fully saturated rings. The Hall–Kier alpha value is -4.57. The first-order chi connectivity index (χ1) is 33.1. The zero-order valence-electron chi connectivity index (χ0n) is 43.2. The van der Waals surface area contributed by atoms with Crippen LogP contribution in [0.1, 0.15) is 162 Å². The Morgan fingerprint density at radius 2 is 0.838 bits per heavy atom. The number of carboxylic acids is 1. The van der Waals surface area contributed by atoms with Gasteiger partial charge in [0.15, 0.2) is 12.4 Å². The number of esters is 2. The topological polar surface area (TPSA) is 111 Å². The van der Waals surface area contributed by atoms with Crippen molar-refractivity contribution in [1.29, 1.82) is 0 Å². The van der Waals surface area contributed by atoms with Gasteiger partial charge in [0, 0.05) is 12.8 Å². The number of carbonyl (C=O) groups excluding carboxylic acids is 3. The third-order valence-electron chi connectivity index (χ3n) is 10.1. The van der Waals surface area contributed by atoms with Gasteiger partial charge >= 0.3 is 11.9 Å². The standard InChI is InChI=1S/C59H93NO8/c1-6-8-10-12-14-16-18-19-20-21-22-23-24-25-26-27-28-29-30-31-32-33-34-35-36-37-38-39-40-42-44-46-48-50-57(62)68-55(54-67-59(58(63)64)65-52-51-60(3,4)5)53-66-56(61)49-47-45-43-41-17-15-13-11-9-7-2/h8,10-11,13-14,16,19-20,22-23,25-26,28-29,31-32,34-35,37-38,40,42,55,59H,6-7,9,12,15,17-18,21,24,27,30,33,36,39,41,43-54H2,1-5H3/b10-8-,13-11-,16-14-,20-19-,23-22-,26-25-,29-28-,32-31-,35-34-,38-37-,42-40-. The van der Waals surface area contributed by atoms with Gasteiger partial charge in [-0.2, -0.15) is 0 Å². The van der Waals surface area contributed by atoms with Crippen LogP contribution in [0.4, 0.5) is 0 Å². The number of quaternary nitrogens is 1. The van der Waals surface area contributed by atoms with E-state index in [9.17, 15) is 19.5 Å². The molecule has 0 N–H and O–H groups in total. The summed E-state index contributed by atoms with van der Waals surface area (Å²) in [5.41, 5.74) is 0. The minimum atomic E-state index is -1.64. The molecule has 0 saturated heterocycles. The van der Waals surface area contributed by atoms with E-state index in [1.165, 1.54) is 6.42 Å². The van der Waals surface area contributed by atoms with Gasteiger partial charge in [-0.15, -0.1) is 0 Å². The number of nitrogens with zero attached hydrogens (tertiary/aromatic N) is 1. The second kappa shape index (κ2) is 48.9. The van der Waals surface area contributed by atoms with Gasteiger partial charge in [0.2, 0.25) is 0 Å². The fourth-order valence-electron chi connectivity index (χ4n) is 6.15. The van der Waals surface area contributed by atoms with Crippen molar-refractivity contribution in [3.05, 3.63) is 134 Å². The van der Waals surface area contributed by atoms with Crippen LogP contribution in [-0.2, 0) is 33.3 Å². The molecule has 0 aromatic carbocycles. The maximum Gasteiger partial charge on any atom is 0.306 e. The van der Waals surface area contributed by atoms with E-state index in [4.69, 9.17) is 18.9 Å². The van der Waals surface area contributed by atoms with Crippen molar-refractivity contribution in [3.63, 3.8) is 0 Å². The second-order valence-electron chi connectivity index (χ2n) is 17.7. The quantitative estimate of drug-likeness (QED) is 0.0195. The van der Waals surface area contributed by atoms with E-state index in [1.807, 2.05) is 21.1 Å². The summed E-state index contributed by atoms with van der Waals surface area (Å²) in [7, 11) is 5.88. The van der Waals surface area contributed by atoms with Crippen LogP contribution >= 0.6 is 0 Å². The van der Waals surface area contributed by atoms with E-state index < -0.39 is 30.3 Å². The zero-order valence-corrected chi connectivity index (χ0v) is 43.2. The Kier molecular flexibility index (Phi) is 45.6. The van der Waals surface area contributed by atoms with Gasteiger partial charge in [0.05, 0.1) is 40.3 Å². The number of ether oxygens (including phenoxy) is 4. The molecule has 2 unspecified atom stereocenters. The molecule has 0 heterocycles. The predicted molar refractivity (Wildman–Crippen MR) is 283 cm³/mol. The Balaban J connectivity index is 4.36. The molecule has 0 amide bonds. The molecule has 382 valence electrons. The third-order valence-corrected chi connectivity index (χ3v) is 10.1. The van der Waals surface area contributed by atoms with Crippen LogP contribution in [0.15, 0.2) is 134 Å². The van der Waals surface area contributed by atoms with Crippen LogP contribution < -0.4 is 5.11 Å². The smallest absolute Gasteiger partial charge is 0.306 e. The lowest BCUT2D eigenvalue weighted by Crippen LogP contribution is -2.44. The molecule has 9 heteroatoms. The van der Waals surface area contributed by atoms with Crippen LogP contribution in [0, 0.1) is 0 Å². The molecule has 9 nitrogen and oxygen atoms in total. The van der Waals surface area contributed by atoms with E-state index in [2.05, 4.69) is 148 Å². The first kappa shape index (κ1) is 63.4. The summed E-state index contributed by atoms with van der Waals surface area (Å²) in [6, 6.07) is 0. The highest BCUT2D eigenvalue weighted by Crippen LogP contribution is 2.11. The predicted octanol–water partition coefficient (Wildman–Crippen LogP) is 13.4. The average molecular weight is 944 g/mol. The van der Waals surface area contributed by atoms with E-state index >= 15 is 0 Å². The van der Waals surface area contributed by atoms with E-state index in [0.29, 0.717) is 23.9 Å². The highest BCUT2D eigenvalue weighted by Gasteiger charge is 2.21. The normalized spacial score (nSPS) is 14.0. The minimum absolute atomic E-state index is 0.130. The SMILES string of the molecule is CC/C=C\C/C=C\C/C=C\C/C=C\C/C=C\C/C=C\C/C=C\C/C=C\C/C=C\C/C=C\CCCCC(=O)OC(COC(=O)CCCCCCC/C=C\CCC)COC(OCC[N+](C)(C)C)C(=O)[O-]. The molecule has 68 heavy (non-hydrogen) atoms. The molecule has 0 aromatic rings. The number of hydrogen-bond acceptors (Lipinski definition) is 8. The van der Waals surface area contributed by atoms with Gasteiger partial charge in [-0.25, -0.2) is 0 Å². The third kappa shape index (κ3) is 49.3. The first-order valence-corrected chi connectivity index (χ1v) is 25.8. The van der Waals surface area contributed by atoms with Crippen molar-refractivity contribution in [2.45, 2.75) is 174 Å². The lowest BCUT2D eigenvalue weighted by atomic mass is 10.1. The average Bonchev–Trinajstić information content (AvgIpc) is 3.30. The largest absolute Gasteiger partial charge is 0.545 e. The summed E-state index contributed by atoms with van der Waals surface area (Å²) in [4.78, 5) is 37.0. The molecule has 2 atom stereocenters. The summed E-state index contributed by atoms with van der Waals surface area (Å²) >= 11 is 0. The Morgan fingerprint density at radius 1 is 0.456 bits per heavy atom. The summed E-state index contributed by atoms with van der Waals surface area (Å²) < 4.78 is 22.5. The number of carbonyl (C=O) groups is 3. The Morgan fingerprint density at radius 3 is 1.29 bits per heavy atom. The molecular weight excluding hydrogens is 851 g/mol. The number of hydrogen-bond donors (Lipinski definition) is 0. The Labute approximate surface area is 414 Å². The van der Waals surface area contributed by atoms with Crippen molar-refractivity contribution in [2.75, 3.05) is 47.5 Å². The van der Waals surface area contributed by atoms with Crippen LogP contribution in [0.5, 0.6) is 0 Å². The van der Waals surface area contributed by atoms with E-state index in [1.54, 1.807) is 0 Å². The fourth-order valence-corrected chi connectivity index (χ4v) is 6.15. The molecule has 0 aromatic heterocycles.